The van der Waals surface area contributed by atoms with Gasteiger partial charge in [-0.05, 0) is 36.8 Å². The Kier molecular flexibility index (Phi) is 5.18. The largest absolute Gasteiger partial charge is 0.493 e. The van der Waals surface area contributed by atoms with Gasteiger partial charge >= 0.3 is 0 Å². The summed E-state index contributed by atoms with van der Waals surface area (Å²) < 4.78 is 35.9. The van der Waals surface area contributed by atoms with Crippen LogP contribution in [0, 0.1) is 0 Å². The average molecular weight is 375 g/mol. The fraction of sp³-hybridized carbons (Fsp3) is 0.316. The predicted molar refractivity (Wildman–Crippen MR) is 97.5 cm³/mol. The summed E-state index contributed by atoms with van der Waals surface area (Å²) >= 11 is 0. The topological polar surface area (TPSA) is 72.9 Å². The summed E-state index contributed by atoms with van der Waals surface area (Å²) in [6.07, 6.45) is 0.427. The van der Waals surface area contributed by atoms with Gasteiger partial charge in [-0.2, -0.15) is 0 Å². The molecular weight excluding hydrogens is 354 g/mol. The second kappa shape index (κ2) is 7.37. The number of likely N-dealkylation sites (tertiary alicyclic amines) is 1. The standard InChI is InChI=1S/C19H21NO5S/c1-24-17-9-8-14(12-18(17)25-2)19(21)20-11-10-16(13-20)26(22,23)15-6-4-3-5-7-15/h3-9,12,16H,10-11,13H2,1-2H3. The lowest BCUT2D eigenvalue weighted by atomic mass is 10.2. The van der Waals surface area contributed by atoms with Crippen molar-refractivity contribution in [3.63, 3.8) is 0 Å². The third kappa shape index (κ3) is 3.39. The van der Waals surface area contributed by atoms with Crippen LogP contribution in [0.3, 0.4) is 0 Å². The monoisotopic (exact) mass is 375 g/mol. The highest BCUT2D eigenvalue weighted by atomic mass is 32.2. The van der Waals surface area contributed by atoms with Crippen LogP contribution in [-0.2, 0) is 9.84 Å². The van der Waals surface area contributed by atoms with Gasteiger partial charge in [0, 0.05) is 18.7 Å². The van der Waals surface area contributed by atoms with Gasteiger partial charge in [0.25, 0.3) is 5.91 Å². The van der Waals surface area contributed by atoms with E-state index in [-0.39, 0.29) is 12.5 Å². The van der Waals surface area contributed by atoms with E-state index in [0.29, 0.717) is 34.9 Å². The summed E-state index contributed by atoms with van der Waals surface area (Å²) in [6, 6.07) is 13.3. The van der Waals surface area contributed by atoms with Crippen molar-refractivity contribution in [2.45, 2.75) is 16.6 Å². The van der Waals surface area contributed by atoms with Crippen molar-refractivity contribution in [1.29, 1.82) is 0 Å². The van der Waals surface area contributed by atoms with Crippen molar-refractivity contribution in [2.24, 2.45) is 0 Å². The SMILES string of the molecule is COc1ccc(C(=O)N2CCC(S(=O)(=O)c3ccccc3)C2)cc1OC. The fourth-order valence-electron chi connectivity index (χ4n) is 3.12. The van der Waals surface area contributed by atoms with Gasteiger partial charge in [-0.1, -0.05) is 18.2 Å². The first kappa shape index (κ1) is 18.3. The Morgan fingerprint density at radius 2 is 1.73 bits per heavy atom. The molecule has 0 bridgehead atoms. The molecule has 1 unspecified atom stereocenters. The lowest BCUT2D eigenvalue weighted by molar-refractivity contribution is 0.0792. The van der Waals surface area contributed by atoms with Gasteiger partial charge in [0.15, 0.2) is 21.3 Å². The Bertz CT molecular complexity index is 895. The molecule has 1 saturated heterocycles. The number of hydrogen-bond donors (Lipinski definition) is 0. The Labute approximate surface area is 153 Å². The zero-order chi connectivity index (χ0) is 18.7. The number of carbonyl (C=O) groups excluding carboxylic acids is 1. The second-order valence-electron chi connectivity index (χ2n) is 6.09. The molecule has 1 heterocycles. The highest BCUT2D eigenvalue weighted by Crippen LogP contribution is 2.29. The van der Waals surface area contributed by atoms with Gasteiger partial charge in [-0.15, -0.1) is 0 Å². The summed E-state index contributed by atoms with van der Waals surface area (Å²) in [5, 5.41) is -0.589. The Morgan fingerprint density at radius 1 is 1.04 bits per heavy atom. The lowest BCUT2D eigenvalue weighted by Gasteiger charge is -2.18. The first-order valence-corrected chi connectivity index (χ1v) is 9.82. The Balaban J connectivity index is 1.77. The van der Waals surface area contributed by atoms with E-state index in [1.165, 1.54) is 14.2 Å². The first-order chi connectivity index (χ1) is 12.5. The van der Waals surface area contributed by atoms with Gasteiger partial charge in [0.1, 0.15) is 0 Å². The van der Waals surface area contributed by atoms with Crippen LogP contribution in [0.4, 0.5) is 0 Å². The van der Waals surface area contributed by atoms with E-state index in [1.807, 2.05) is 0 Å². The molecule has 6 nitrogen and oxygen atoms in total. The van der Waals surface area contributed by atoms with Gasteiger partial charge in [0.05, 0.1) is 24.4 Å². The van der Waals surface area contributed by atoms with E-state index in [4.69, 9.17) is 9.47 Å². The van der Waals surface area contributed by atoms with Crippen LogP contribution in [0.2, 0.25) is 0 Å². The fourth-order valence-corrected chi connectivity index (χ4v) is 4.83. The molecule has 138 valence electrons. The van der Waals surface area contributed by atoms with Crippen LogP contribution in [0.25, 0.3) is 0 Å². The number of amides is 1. The predicted octanol–water partition coefficient (Wildman–Crippen LogP) is 2.39. The second-order valence-corrected chi connectivity index (χ2v) is 8.32. The van der Waals surface area contributed by atoms with Gasteiger partial charge in [-0.3, -0.25) is 4.79 Å². The number of sulfone groups is 1. The minimum Gasteiger partial charge on any atom is -0.493 e. The van der Waals surface area contributed by atoms with E-state index in [1.54, 1.807) is 53.4 Å². The summed E-state index contributed by atoms with van der Waals surface area (Å²) in [7, 11) is -0.418. The highest BCUT2D eigenvalue weighted by Gasteiger charge is 2.36. The molecule has 0 aromatic heterocycles. The Hall–Kier alpha value is -2.54. The molecule has 26 heavy (non-hydrogen) atoms. The van der Waals surface area contributed by atoms with Crippen LogP contribution in [0.5, 0.6) is 11.5 Å². The molecule has 2 aromatic rings. The minimum absolute atomic E-state index is 0.185. The molecule has 1 aliphatic heterocycles. The smallest absolute Gasteiger partial charge is 0.254 e. The molecule has 0 saturated carbocycles. The van der Waals surface area contributed by atoms with Crippen LogP contribution in [0.1, 0.15) is 16.8 Å². The normalized spacial score (nSPS) is 17.2. The molecule has 0 aliphatic carbocycles. The van der Waals surface area contributed by atoms with Crippen LogP contribution < -0.4 is 9.47 Å². The maximum absolute atomic E-state index is 12.8. The molecule has 1 atom stereocenters. The molecule has 1 amide bonds. The van der Waals surface area contributed by atoms with E-state index in [0.717, 1.165) is 0 Å². The number of benzene rings is 2. The summed E-state index contributed by atoms with van der Waals surface area (Å²) in [5.41, 5.74) is 0.445. The maximum atomic E-state index is 12.8. The molecule has 0 radical (unpaired) electrons. The first-order valence-electron chi connectivity index (χ1n) is 8.27. The van der Waals surface area contributed by atoms with Gasteiger partial charge < -0.3 is 14.4 Å². The quantitative estimate of drug-likeness (QED) is 0.802. The summed E-state index contributed by atoms with van der Waals surface area (Å²) in [4.78, 5) is 14.6. The van der Waals surface area contributed by atoms with E-state index < -0.39 is 15.1 Å². The van der Waals surface area contributed by atoms with Crippen LogP contribution in [0.15, 0.2) is 53.4 Å². The van der Waals surface area contributed by atoms with E-state index in [9.17, 15) is 13.2 Å². The van der Waals surface area contributed by atoms with Crippen LogP contribution >= 0.6 is 0 Å². The van der Waals surface area contributed by atoms with Crippen LogP contribution in [-0.4, -0.2) is 51.8 Å². The number of nitrogens with zero attached hydrogens (tertiary/aromatic N) is 1. The summed E-state index contributed by atoms with van der Waals surface area (Å²) in [5.74, 6) is 0.790. The zero-order valence-electron chi connectivity index (χ0n) is 14.7. The summed E-state index contributed by atoms with van der Waals surface area (Å²) in [6.45, 7) is 0.592. The number of hydrogen-bond acceptors (Lipinski definition) is 5. The minimum atomic E-state index is -3.45. The van der Waals surface area contributed by atoms with Crippen molar-refractivity contribution < 1.29 is 22.7 Å². The zero-order valence-corrected chi connectivity index (χ0v) is 15.5. The number of ether oxygens (including phenoxy) is 2. The number of carbonyl (C=O) groups is 1. The number of methoxy groups -OCH3 is 2. The van der Waals surface area contributed by atoms with Crippen molar-refractivity contribution in [3.05, 3.63) is 54.1 Å². The lowest BCUT2D eigenvalue weighted by Crippen LogP contribution is -2.32. The third-order valence-electron chi connectivity index (χ3n) is 4.57. The van der Waals surface area contributed by atoms with Crippen molar-refractivity contribution >= 4 is 15.7 Å². The molecule has 0 N–H and O–H groups in total. The van der Waals surface area contributed by atoms with Crippen molar-refractivity contribution in [3.8, 4) is 11.5 Å². The molecule has 3 rings (SSSR count). The van der Waals surface area contributed by atoms with Crippen molar-refractivity contribution in [1.82, 2.24) is 4.90 Å². The van der Waals surface area contributed by atoms with Gasteiger partial charge in [0.2, 0.25) is 0 Å². The average Bonchev–Trinajstić information content (AvgIpc) is 3.18. The maximum Gasteiger partial charge on any atom is 0.254 e. The molecule has 2 aromatic carbocycles. The molecule has 7 heteroatoms. The van der Waals surface area contributed by atoms with E-state index >= 15 is 0 Å². The molecule has 1 fully saturated rings. The highest BCUT2D eigenvalue weighted by molar-refractivity contribution is 7.92. The van der Waals surface area contributed by atoms with Gasteiger partial charge in [-0.25, -0.2) is 8.42 Å². The van der Waals surface area contributed by atoms with E-state index in [2.05, 4.69) is 0 Å². The Morgan fingerprint density at radius 3 is 2.38 bits per heavy atom. The third-order valence-corrected chi connectivity index (χ3v) is 6.76. The molecule has 1 aliphatic rings. The number of rotatable bonds is 5. The molecular formula is C19H21NO5S. The van der Waals surface area contributed by atoms with Crippen molar-refractivity contribution in [2.75, 3.05) is 27.3 Å². The molecule has 0 spiro atoms.